The Kier molecular flexibility index (Phi) is 7.72. The quantitative estimate of drug-likeness (QED) is 0.499. The van der Waals surface area contributed by atoms with E-state index < -0.39 is 0 Å². The Balaban J connectivity index is 2.27. The highest BCUT2D eigenvalue weighted by molar-refractivity contribution is 5.79. The van der Waals surface area contributed by atoms with E-state index in [1.165, 1.54) is 0 Å². The van der Waals surface area contributed by atoms with E-state index in [2.05, 4.69) is 39.7 Å². The highest BCUT2D eigenvalue weighted by Gasteiger charge is 2.12. The second kappa shape index (κ2) is 9.36. The lowest BCUT2D eigenvalue weighted by Gasteiger charge is -2.21. The van der Waals surface area contributed by atoms with Crippen molar-refractivity contribution >= 4 is 5.96 Å². The van der Waals surface area contributed by atoms with Crippen LogP contribution in [0.15, 0.2) is 17.3 Å². The molecule has 1 aromatic heterocycles. The van der Waals surface area contributed by atoms with Crippen LogP contribution in [0.4, 0.5) is 0 Å². The Morgan fingerprint density at radius 2 is 2.25 bits per heavy atom. The normalized spacial score (nSPS) is 13.6. The molecular weight excluding hydrogens is 254 g/mol. The van der Waals surface area contributed by atoms with E-state index in [-0.39, 0.29) is 0 Å². The zero-order valence-electron chi connectivity index (χ0n) is 12.9. The summed E-state index contributed by atoms with van der Waals surface area (Å²) in [5.74, 6) is 1.32. The Labute approximate surface area is 121 Å². The van der Waals surface area contributed by atoms with Crippen molar-refractivity contribution < 1.29 is 4.74 Å². The first-order valence-electron chi connectivity index (χ1n) is 7.21. The number of rotatable bonds is 8. The molecule has 0 aliphatic carbocycles. The number of hydrogen-bond acceptors (Lipinski definition) is 3. The lowest BCUT2D eigenvalue weighted by molar-refractivity contribution is 0.0258. The Bertz CT molecular complexity index is 375. The maximum atomic E-state index is 5.72. The van der Waals surface area contributed by atoms with Crippen LogP contribution in [0.5, 0.6) is 0 Å². The second-order valence-electron chi connectivity index (χ2n) is 4.96. The summed E-state index contributed by atoms with van der Waals surface area (Å²) in [5.41, 5.74) is 1.03. The largest absolute Gasteiger partial charge is 0.378 e. The predicted molar refractivity (Wildman–Crippen MR) is 81.7 cm³/mol. The summed E-state index contributed by atoms with van der Waals surface area (Å²) in [6, 6.07) is 1.93. The van der Waals surface area contributed by atoms with Crippen molar-refractivity contribution in [2.75, 3.05) is 20.2 Å². The minimum Gasteiger partial charge on any atom is -0.378 e. The summed E-state index contributed by atoms with van der Waals surface area (Å²) < 4.78 is 5.72. The van der Waals surface area contributed by atoms with E-state index in [0.717, 1.165) is 31.2 Å². The van der Waals surface area contributed by atoms with Gasteiger partial charge in [0.15, 0.2) is 5.96 Å². The van der Waals surface area contributed by atoms with Gasteiger partial charge in [0.05, 0.1) is 18.3 Å². The third-order valence-corrected chi connectivity index (χ3v) is 3.07. The van der Waals surface area contributed by atoms with Gasteiger partial charge in [0.2, 0.25) is 0 Å². The third kappa shape index (κ3) is 6.06. The van der Waals surface area contributed by atoms with E-state index >= 15 is 0 Å². The molecule has 0 aliphatic rings. The first-order valence-corrected chi connectivity index (χ1v) is 7.21. The summed E-state index contributed by atoms with van der Waals surface area (Å²) in [6.45, 7) is 8.69. The maximum absolute atomic E-state index is 5.72. The molecule has 0 amide bonds. The van der Waals surface area contributed by atoms with Crippen LogP contribution in [0.1, 0.15) is 32.9 Å². The summed E-state index contributed by atoms with van der Waals surface area (Å²) in [7, 11) is 1.77. The van der Waals surface area contributed by atoms with Crippen LogP contribution in [0.3, 0.4) is 0 Å². The molecule has 1 aromatic rings. The molecular formula is C14H27N5O. The number of aliphatic imine (C=N–C) groups is 1. The van der Waals surface area contributed by atoms with Crippen molar-refractivity contribution in [2.24, 2.45) is 10.9 Å². The molecule has 1 unspecified atom stereocenters. The summed E-state index contributed by atoms with van der Waals surface area (Å²) in [5, 5.41) is 13.4. The number of guanidine groups is 1. The average Bonchev–Trinajstić information content (AvgIpc) is 2.94. The molecule has 1 atom stereocenters. The van der Waals surface area contributed by atoms with Crippen molar-refractivity contribution in [3.63, 3.8) is 0 Å². The molecule has 0 saturated carbocycles. The minimum absolute atomic E-state index is 0.290. The van der Waals surface area contributed by atoms with Crippen LogP contribution in [-0.4, -0.2) is 42.5 Å². The van der Waals surface area contributed by atoms with Crippen LogP contribution < -0.4 is 10.6 Å². The highest BCUT2D eigenvalue weighted by atomic mass is 16.5. The zero-order valence-corrected chi connectivity index (χ0v) is 12.9. The van der Waals surface area contributed by atoms with Gasteiger partial charge in [-0.3, -0.25) is 10.1 Å². The molecule has 3 N–H and O–H groups in total. The lowest BCUT2D eigenvalue weighted by Crippen LogP contribution is -2.39. The molecule has 0 aromatic carbocycles. The van der Waals surface area contributed by atoms with E-state index in [0.29, 0.717) is 18.6 Å². The number of hydrogen-bond donors (Lipinski definition) is 3. The highest BCUT2D eigenvalue weighted by Crippen LogP contribution is 2.09. The van der Waals surface area contributed by atoms with Gasteiger partial charge in [-0.2, -0.15) is 5.10 Å². The van der Waals surface area contributed by atoms with Gasteiger partial charge in [0.25, 0.3) is 0 Å². The minimum atomic E-state index is 0.290. The van der Waals surface area contributed by atoms with E-state index in [1.54, 1.807) is 13.2 Å². The number of aromatic nitrogens is 2. The van der Waals surface area contributed by atoms with Crippen LogP contribution in [0.2, 0.25) is 0 Å². The first kappa shape index (κ1) is 16.5. The third-order valence-electron chi connectivity index (χ3n) is 3.07. The Morgan fingerprint density at radius 3 is 2.80 bits per heavy atom. The van der Waals surface area contributed by atoms with Gasteiger partial charge in [-0.15, -0.1) is 0 Å². The Morgan fingerprint density at radius 1 is 1.45 bits per heavy atom. The molecule has 0 radical (unpaired) electrons. The van der Waals surface area contributed by atoms with E-state index in [4.69, 9.17) is 4.74 Å². The van der Waals surface area contributed by atoms with Gasteiger partial charge < -0.3 is 15.4 Å². The molecule has 1 rings (SSSR count). The van der Waals surface area contributed by atoms with Crippen LogP contribution >= 0.6 is 0 Å². The molecule has 0 bridgehead atoms. The maximum Gasteiger partial charge on any atom is 0.191 e. The first-order chi connectivity index (χ1) is 9.67. The zero-order chi connectivity index (χ0) is 14.8. The van der Waals surface area contributed by atoms with Gasteiger partial charge in [-0.1, -0.05) is 13.8 Å². The van der Waals surface area contributed by atoms with Crippen molar-refractivity contribution in [3.05, 3.63) is 18.0 Å². The molecule has 6 nitrogen and oxygen atoms in total. The standard InChI is InChI=1S/C14H27N5O/c1-5-20-13(11(2)3)7-8-16-14(15-4)17-10-12-6-9-18-19-12/h6,9,11,13H,5,7-8,10H2,1-4H3,(H,18,19)(H2,15,16,17). The fourth-order valence-electron chi connectivity index (χ4n) is 1.94. The average molecular weight is 281 g/mol. The second-order valence-corrected chi connectivity index (χ2v) is 4.96. The van der Waals surface area contributed by atoms with Crippen LogP contribution in [0.25, 0.3) is 0 Å². The molecule has 114 valence electrons. The fraction of sp³-hybridized carbons (Fsp3) is 0.714. The number of ether oxygens (including phenoxy) is 1. The summed E-state index contributed by atoms with van der Waals surface area (Å²) in [4.78, 5) is 4.19. The van der Waals surface area contributed by atoms with Gasteiger partial charge in [0, 0.05) is 26.4 Å². The number of nitrogens with zero attached hydrogens (tertiary/aromatic N) is 2. The molecule has 0 spiro atoms. The predicted octanol–water partition coefficient (Wildman–Crippen LogP) is 1.53. The van der Waals surface area contributed by atoms with Crippen molar-refractivity contribution in [2.45, 2.75) is 39.8 Å². The molecule has 6 heteroatoms. The van der Waals surface area contributed by atoms with Gasteiger partial charge in [-0.25, -0.2) is 0 Å². The summed E-state index contributed by atoms with van der Waals surface area (Å²) in [6.07, 6.45) is 3.00. The van der Waals surface area contributed by atoms with Crippen molar-refractivity contribution in [3.8, 4) is 0 Å². The van der Waals surface area contributed by atoms with E-state index in [9.17, 15) is 0 Å². The molecule has 20 heavy (non-hydrogen) atoms. The number of H-pyrrole nitrogens is 1. The lowest BCUT2D eigenvalue weighted by atomic mass is 10.0. The van der Waals surface area contributed by atoms with Crippen LogP contribution in [0, 0.1) is 5.92 Å². The molecule has 0 aliphatic heterocycles. The van der Waals surface area contributed by atoms with Gasteiger partial charge >= 0.3 is 0 Å². The monoisotopic (exact) mass is 281 g/mol. The summed E-state index contributed by atoms with van der Waals surface area (Å²) >= 11 is 0. The van der Waals surface area contributed by atoms with Crippen molar-refractivity contribution in [1.29, 1.82) is 0 Å². The van der Waals surface area contributed by atoms with E-state index in [1.807, 2.05) is 13.0 Å². The van der Waals surface area contributed by atoms with Gasteiger partial charge in [-0.05, 0) is 25.3 Å². The van der Waals surface area contributed by atoms with Crippen molar-refractivity contribution in [1.82, 2.24) is 20.8 Å². The van der Waals surface area contributed by atoms with Gasteiger partial charge in [0.1, 0.15) is 0 Å². The smallest absolute Gasteiger partial charge is 0.191 e. The number of nitrogens with one attached hydrogen (secondary N) is 3. The molecule has 0 fully saturated rings. The Hall–Kier alpha value is -1.56. The fourth-order valence-corrected chi connectivity index (χ4v) is 1.94. The SMILES string of the molecule is CCOC(CCNC(=NC)NCc1ccn[nH]1)C(C)C. The topological polar surface area (TPSA) is 74.3 Å². The number of aromatic amines is 1. The molecule has 0 saturated heterocycles. The van der Waals surface area contributed by atoms with Crippen LogP contribution in [-0.2, 0) is 11.3 Å². The molecule has 1 heterocycles.